The quantitative estimate of drug-likeness (QED) is 0.199. The van der Waals surface area contributed by atoms with Gasteiger partial charge in [0.2, 0.25) is 0 Å². The lowest BCUT2D eigenvalue weighted by Gasteiger charge is -2.03. The van der Waals surface area contributed by atoms with Gasteiger partial charge in [-0.1, -0.05) is 0 Å². The van der Waals surface area contributed by atoms with Crippen LogP contribution in [0.3, 0.4) is 0 Å². The molecule has 0 bridgehead atoms. The molecule has 0 aliphatic carbocycles. The molecule has 0 aromatic rings. The van der Waals surface area contributed by atoms with E-state index >= 15 is 0 Å². The number of hydroxylamine groups is 2. The minimum atomic E-state index is 0.622. The zero-order valence-corrected chi connectivity index (χ0v) is 5.82. The van der Waals surface area contributed by atoms with E-state index in [-0.39, 0.29) is 0 Å². The smallest absolute Gasteiger partial charge is 0.0717 e. The van der Waals surface area contributed by atoms with Crippen LogP contribution in [0.5, 0.6) is 0 Å². The molecular weight excluding hydrogens is 120 g/mol. The van der Waals surface area contributed by atoms with Crippen molar-refractivity contribution in [2.75, 3.05) is 27.4 Å². The van der Waals surface area contributed by atoms with E-state index in [1.54, 1.807) is 0 Å². The standard InChI is InChI=1S/C4H14N4O/c1-5-3-7-9-8-4-6-2/h5-8H,3-4H2,1-2H3. The van der Waals surface area contributed by atoms with Gasteiger partial charge in [0, 0.05) is 0 Å². The zero-order chi connectivity index (χ0) is 6.95. The molecule has 0 saturated heterocycles. The van der Waals surface area contributed by atoms with Crippen molar-refractivity contribution in [1.82, 2.24) is 21.6 Å². The highest BCUT2D eigenvalue weighted by Gasteiger charge is 1.79. The van der Waals surface area contributed by atoms with Crippen molar-refractivity contribution >= 4 is 0 Å². The van der Waals surface area contributed by atoms with Gasteiger partial charge in [-0.25, -0.2) is 4.94 Å². The average Bonchev–Trinajstić information content (AvgIpc) is 1.89. The van der Waals surface area contributed by atoms with Crippen molar-refractivity contribution in [3.8, 4) is 0 Å². The van der Waals surface area contributed by atoms with Crippen molar-refractivity contribution in [2.45, 2.75) is 0 Å². The molecule has 0 aromatic carbocycles. The Hall–Kier alpha value is -0.200. The largest absolute Gasteiger partial charge is 0.306 e. The molecule has 0 amide bonds. The van der Waals surface area contributed by atoms with Crippen LogP contribution in [0.15, 0.2) is 0 Å². The van der Waals surface area contributed by atoms with Gasteiger partial charge in [0.25, 0.3) is 0 Å². The van der Waals surface area contributed by atoms with E-state index in [9.17, 15) is 0 Å². The summed E-state index contributed by atoms with van der Waals surface area (Å²) in [5, 5.41) is 5.70. The third kappa shape index (κ3) is 7.80. The van der Waals surface area contributed by atoms with Gasteiger partial charge in [-0.05, 0) is 14.1 Å². The molecule has 5 heteroatoms. The molecule has 0 saturated carbocycles. The van der Waals surface area contributed by atoms with Gasteiger partial charge in [0.15, 0.2) is 0 Å². The number of hydrogen-bond donors (Lipinski definition) is 4. The van der Waals surface area contributed by atoms with Crippen LogP contribution in [0, 0.1) is 0 Å². The van der Waals surface area contributed by atoms with Crippen molar-refractivity contribution in [1.29, 1.82) is 0 Å². The molecule has 0 rings (SSSR count). The molecule has 0 aliphatic heterocycles. The summed E-state index contributed by atoms with van der Waals surface area (Å²) in [6.45, 7) is 1.24. The monoisotopic (exact) mass is 134 g/mol. The van der Waals surface area contributed by atoms with Crippen molar-refractivity contribution < 1.29 is 4.94 Å². The average molecular weight is 134 g/mol. The molecule has 0 aromatic heterocycles. The molecule has 9 heavy (non-hydrogen) atoms. The first kappa shape index (κ1) is 8.80. The molecule has 56 valence electrons. The lowest BCUT2D eigenvalue weighted by atomic mass is 11.1. The summed E-state index contributed by atoms with van der Waals surface area (Å²) in [4.78, 5) is 4.69. The van der Waals surface area contributed by atoms with Gasteiger partial charge in [0.1, 0.15) is 0 Å². The van der Waals surface area contributed by atoms with E-state index in [0.29, 0.717) is 13.3 Å². The molecule has 4 N–H and O–H groups in total. The summed E-state index contributed by atoms with van der Waals surface area (Å²) in [5.74, 6) is 0. The van der Waals surface area contributed by atoms with Crippen LogP contribution in [-0.2, 0) is 4.94 Å². The van der Waals surface area contributed by atoms with E-state index in [4.69, 9.17) is 0 Å². The summed E-state index contributed by atoms with van der Waals surface area (Å²) in [6, 6.07) is 0. The van der Waals surface area contributed by atoms with Gasteiger partial charge in [-0.2, -0.15) is 11.0 Å². The molecule has 0 heterocycles. The first-order valence-electron chi connectivity index (χ1n) is 2.82. The highest BCUT2D eigenvalue weighted by molar-refractivity contribution is 4.22. The van der Waals surface area contributed by atoms with Crippen LogP contribution in [-0.4, -0.2) is 27.4 Å². The highest BCUT2D eigenvalue weighted by atomic mass is 16.8. The van der Waals surface area contributed by atoms with Gasteiger partial charge in [-0.15, -0.1) is 0 Å². The van der Waals surface area contributed by atoms with Crippen molar-refractivity contribution in [3.05, 3.63) is 0 Å². The van der Waals surface area contributed by atoms with Crippen LogP contribution < -0.4 is 21.6 Å². The van der Waals surface area contributed by atoms with Crippen LogP contribution in [0.2, 0.25) is 0 Å². The molecule has 0 fully saturated rings. The van der Waals surface area contributed by atoms with Crippen molar-refractivity contribution in [2.24, 2.45) is 0 Å². The topological polar surface area (TPSA) is 57.4 Å². The first-order chi connectivity index (χ1) is 4.41. The van der Waals surface area contributed by atoms with Gasteiger partial charge in [-0.3, -0.25) is 0 Å². The van der Waals surface area contributed by atoms with Crippen molar-refractivity contribution in [3.63, 3.8) is 0 Å². The van der Waals surface area contributed by atoms with Crippen LogP contribution in [0.1, 0.15) is 0 Å². The summed E-state index contributed by atoms with van der Waals surface area (Å²) in [7, 11) is 3.66. The van der Waals surface area contributed by atoms with Gasteiger partial charge < -0.3 is 10.6 Å². The van der Waals surface area contributed by atoms with E-state index in [1.807, 2.05) is 14.1 Å². The molecule has 5 nitrogen and oxygen atoms in total. The molecule has 0 radical (unpaired) electrons. The minimum Gasteiger partial charge on any atom is -0.306 e. The normalized spacial score (nSPS) is 10.0. The summed E-state index contributed by atoms with van der Waals surface area (Å²) in [5.41, 5.74) is 5.22. The number of hydrogen-bond acceptors (Lipinski definition) is 5. The summed E-state index contributed by atoms with van der Waals surface area (Å²) in [6.07, 6.45) is 0. The second-order valence-corrected chi connectivity index (χ2v) is 1.45. The fourth-order valence-corrected chi connectivity index (χ4v) is 0.268. The highest BCUT2D eigenvalue weighted by Crippen LogP contribution is 1.50. The van der Waals surface area contributed by atoms with E-state index in [1.165, 1.54) is 0 Å². The van der Waals surface area contributed by atoms with Crippen LogP contribution >= 0.6 is 0 Å². The van der Waals surface area contributed by atoms with Crippen LogP contribution in [0.4, 0.5) is 0 Å². The zero-order valence-electron chi connectivity index (χ0n) is 5.82. The summed E-state index contributed by atoms with van der Waals surface area (Å²) >= 11 is 0. The molecular formula is C4H14N4O. The lowest BCUT2D eigenvalue weighted by Crippen LogP contribution is -2.35. The lowest BCUT2D eigenvalue weighted by molar-refractivity contribution is -0.0423. The maximum Gasteiger partial charge on any atom is 0.0717 e. The molecule has 0 atom stereocenters. The third-order valence-corrected chi connectivity index (χ3v) is 0.642. The Kier molecular flexibility index (Phi) is 7.63. The SMILES string of the molecule is CNCNONCNC. The maximum atomic E-state index is 4.69. The Bertz CT molecular complexity index is 45.8. The Morgan fingerprint density at radius 1 is 1.00 bits per heavy atom. The Morgan fingerprint density at radius 3 is 1.78 bits per heavy atom. The predicted octanol–water partition coefficient (Wildman–Crippen LogP) is -1.63. The van der Waals surface area contributed by atoms with Crippen LogP contribution in [0.25, 0.3) is 0 Å². The third-order valence-electron chi connectivity index (χ3n) is 0.642. The fraction of sp³-hybridized carbons (Fsp3) is 1.00. The van der Waals surface area contributed by atoms with Gasteiger partial charge in [0.05, 0.1) is 13.3 Å². The minimum absolute atomic E-state index is 0.622. The molecule has 0 aliphatic rings. The first-order valence-corrected chi connectivity index (χ1v) is 2.82. The Morgan fingerprint density at radius 2 is 1.44 bits per heavy atom. The second-order valence-electron chi connectivity index (χ2n) is 1.45. The maximum absolute atomic E-state index is 4.69. The second kappa shape index (κ2) is 7.80. The summed E-state index contributed by atoms with van der Waals surface area (Å²) < 4.78 is 0. The molecule has 0 unspecified atom stereocenters. The Balaban J connectivity index is 2.60. The van der Waals surface area contributed by atoms with E-state index in [0.717, 1.165) is 0 Å². The van der Waals surface area contributed by atoms with E-state index in [2.05, 4.69) is 26.5 Å². The fourth-order valence-electron chi connectivity index (χ4n) is 0.268. The predicted molar refractivity (Wildman–Crippen MR) is 35.2 cm³/mol. The van der Waals surface area contributed by atoms with E-state index < -0.39 is 0 Å². The number of nitrogens with one attached hydrogen (secondary N) is 4. The Labute approximate surface area is 55.1 Å². The molecule has 0 spiro atoms. The van der Waals surface area contributed by atoms with Gasteiger partial charge >= 0.3 is 0 Å². The number of rotatable bonds is 6.